The second kappa shape index (κ2) is 7.07. The lowest BCUT2D eigenvalue weighted by molar-refractivity contribution is -0.124. The van der Waals surface area contributed by atoms with Crippen molar-refractivity contribution in [2.75, 3.05) is 33.2 Å². The summed E-state index contributed by atoms with van der Waals surface area (Å²) in [7, 11) is 2.16. The third-order valence-electron chi connectivity index (χ3n) is 5.07. The molecule has 0 radical (unpaired) electrons. The summed E-state index contributed by atoms with van der Waals surface area (Å²) in [5.41, 5.74) is 5.05. The van der Waals surface area contributed by atoms with E-state index in [0.29, 0.717) is 12.1 Å². The number of hydrogen-bond donors (Lipinski definition) is 2. The van der Waals surface area contributed by atoms with Crippen LogP contribution in [-0.4, -0.2) is 66.6 Å². The fourth-order valence-corrected chi connectivity index (χ4v) is 3.33. The third kappa shape index (κ3) is 4.66. The van der Waals surface area contributed by atoms with E-state index >= 15 is 0 Å². The SMILES string of the molecule is CCN1CCCC1CN(C)CCC(C)(NC1CC1)C(N)=O. The predicted octanol–water partition coefficient (Wildman–Crippen LogP) is 0.789. The van der Waals surface area contributed by atoms with E-state index in [4.69, 9.17) is 5.73 Å². The maximum Gasteiger partial charge on any atom is 0.237 e. The smallest absolute Gasteiger partial charge is 0.237 e. The molecule has 5 heteroatoms. The first-order valence-electron chi connectivity index (χ1n) is 8.45. The van der Waals surface area contributed by atoms with E-state index in [-0.39, 0.29) is 5.91 Å². The highest BCUT2D eigenvalue weighted by atomic mass is 16.1. The number of primary amides is 1. The molecule has 1 heterocycles. The van der Waals surface area contributed by atoms with Crippen molar-refractivity contribution in [3.05, 3.63) is 0 Å². The van der Waals surface area contributed by atoms with E-state index in [1.54, 1.807) is 0 Å². The number of hydrogen-bond acceptors (Lipinski definition) is 4. The van der Waals surface area contributed by atoms with E-state index in [1.165, 1.54) is 32.2 Å². The number of carbonyl (C=O) groups excluding carboxylic acids is 1. The molecular formula is C16H32N4O. The molecule has 0 aromatic rings. The fourth-order valence-electron chi connectivity index (χ4n) is 3.33. The van der Waals surface area contributed by atoms with E-state index in [1.807, 2.05) is 6.92 Å². The lowest BCUT2D eigenvalue weighted by Gasteiger charge is -2.32. The molecule has 2 atom stereocenters. The average Bonchev–Trinajstić information content (AvgIpc) is 3.13. The number of likely N-dealkylation sites (tertiary alicyclic amines) is 1. The highest BCUT2D eigenvalue weighted by Crippen LogP contribution is 2.24. The van der Waals surface area contributed by atoms with E-state index < -0.39 is 5.54 Å². The number of nitrogens with two attached hydrogens (primary N) is 1. The van der Waals surface area contributed by atoms with Crippen LogP contribution in [0, 0.1) is 0 Å². The normalized spacial score (nSPS) is 26.2. The quantitative estimate of drug-likeness (QED) is 0.660. The van der Waals surface area contributed by atoms with Crippen molar-refractivity contribution in [1.82, 2.24) is 15.1 Å². The Labute approximate surface area is 129 Å². The van der Waals surface area contributed by atoms with Gasteiger partial charge in [0.2, 0.25) is 5.91 Å². The van der Waals surface area contributed by atoms with Crippen molar-refractivity contribution in [2.45, 2.75) is 63.6 Å². The first-order chi connectivity index (χ1) is 9.94. The van der Waals surface area contributed by atoms with Crippen molar-refractivity contribution < 1.29 is 4.79 Å². The van der Waals surface area contributed by atoms with Gasteiger partial charge in [0.15, 0.2) is 0 Å². The molecule has 5 nitrogen and oxygen atoms in total. The zero-order chi connectivity index (χ0) is 15.5. The summed E-state index contributed by atoms with van der Waals surface area (Å²) in [5.74, 6) is -0.223. The molecule has 1 aliphatic carbocycles. The summed E-state index contributed by atoms with van der Waals surface area (Å²) in [4.78, 5) is 16.7. The van der Waals surface area contributed by atoms with Crippen LogP contribution in [0.3, 0.4) is 0 Å². The van der Waals surface area contributed by atoms with Gasteiger partial charge in [-0.05, 0) is 59.2 Å². The van der Waals surface area contributed by atoms with Crippen LogP contribution < -0.4 is 11.1 Å². The number of carbonyl (C=O) groups is 1. The minimum absolute atomic E-state index is 0.223. The molecule has 0 aromatic carbocycles. The van der Waals surface area contributed by atoms with Crippen LogP contribution in [-0.2, 0) is 4.79 Å². The number of rotatable bonds is 9. The molecule has 0 spiro atoms. The summed E-state index contributed by atoms with van der Waals surface area (Å²) in [6.07, 6.45) is 5.74. The van der Waals surface area contributed by atoms with Gasteiger partial charge in [-0.1, -0.05) is 6.92 Å². The van der Waals surface area contributed by atoms with Crippen LogP contribution in [0.5, 0.6) is 0 Å². The number of nitrogens with zero attached hydrogens (tertiary/aromatic N) is 2. The Morgan fingerprint density at radius 2 is 2.14 bits per heavy atom. The van der Waals surface area contributed by atoms with Gasteiger partial charge in [-0.25, -0.2) is 0 Å². The zero-order valence-electron chi connectivity index (χ0n) is 13.9. The van der Waals surface area contributed by atoms with Crippen LogP contribution in [0.2, 0.25) is 0 Å². The predicted molar refractivity (Wildman–Crippen MR) is 86.1 cm³/mol. The molecule has 1 aliphatic heterocycles. The monoisotopic (exact) mass is 296 g/mol. The Hall–Kier alpha value is -0.650. The molecule has 1 amide bonds. The summed E-state index contributed by atoms with van der Waals surface area (Å²) >= 11 is 0. The Bertz CT molecular complexity index is 358. The van der Waals surface area contributed by atoms with Crippen LogP contribution in [0.4, 0.5) is 0 Å². The van der Waals surface area contributed by atoms with Crippen molar-refractivity contribution in [3.8, 4) is 0 Å². The van der Waals surface area contributed by atoms with Crippen molar-refractivity contribution in [1.29, 1.82) is 0 Å². The van der Waals surface area contributed by atoms with Gasteiger partial charge in [-0.15, -0.1) is 0 Å². The molecule has 122 valence electrons. The first-order valence-corrected chi connectivity index (χ1v) is 8.45. The van der Waals surface area contributed by atoms with E-state index in [9.17, 15) is 4.79 Å². The molecule has 3 N–H and O–H groups in total. The van der Waals surface area contributed by atoms with Gasteiger partial charge < -0.3 is 16.0 Å². The van der Waals surface area contributed by atoms with Gasteiger partial charge >= 0.3 is 0 Å². The molecule has 2 rings (SSSR count). The van der Waals surface area contributed by atoms with Gasteiger partial charge in [0, 0.05) is 25.2 Å². The molecule has 0 bridgehead atoms. The summed E-state index contributed by atoms with van der Waals surface area (Å²) in [6.45, 7) is 8.56. The molecular weight excluding hydrogens is 264 g/mol. The minimum atomic E-state index is -0.560. The highest BCUT2D eigenvalue weighted by Gasteiger charge is 2.37. The third-order valence-corrected chi connectivity index (χ3v) is 5.07. The summed E-state index contributed by atoms with van der Waals surface area (Å²) in [6, 6.07) is 1.18. The number of amides is 1. The van der Waals surface area contributed by atoms with Crippen molar-refractivity contribution in [3.63, 3.8) is 0 Å². The van der Waals surface area contributed by atoms with Crippen molar-refractivity contribution >= 4 is 5.91 Å². The molecule has 2 fully saturated rings. The standard InChI is InChI=1S/C16H32N4O/c1-4-20-10-5-6-14(20)12-19(3)11-9-16(2,15(17)21)18-13-7-8-13/h13-14,18H,4-12H2,1-3H3,(H2,17,21). The van der Waals surface area contributed by atoms with Gasteiger partial charge in [0.1, 0.15) is 0 Å². The topological polar surface area (TPSA) is 61.6 Å². The average molecular weight is 296 g/mol. The van der Waals surface area contributed by atoms with Gasteiger partial charge in [0.05, 0.1) is 5.54 Å². The summed E-state index contributed by atoms with van der Waals surface area (Å²) in [5, 5.41) is 3.42. The maximum absolute atomic E-state index is 11.8. The lowest BCUT2D eigenvalue weighted by atomic mass is 9.96. The first kappa shape index (κ1) is 16.7. The van der Waals surface area contributed by atoms with Crippen LogP contribution in [0.1, 0.15) is 46.0 Å². The van der Waals surface area contributed by atoms with E-state index in [0.717, 1.165) is 26.1 Å². The Morgan fingerprint density at radius 3 is 2.71 bits per heavy atom. The molecule has 2 unspecified atom stereocenters. The molecule has 2 aliphatic rings. The van der Waals surface area contributed by atoms with Gasteiger partial charge in [-0.2, -0.15) is 0 Å². The second-order valence-corrected chi connectivity index (χ2v) is 7.05. The van der Waals surface area contributed by atoms with Crippen LogP contribution in [0.25, 0.3) is 0 Å². The van der Waals surface area contributed by atoms with Gasteiger partial charge in [0.25, 0.3) is 0 Å². The Balaban J connectivity index is 1.78. The highest BCUT2D eigenvalue weighted by molar-refractivity contribution is 5.84. The largest absolute Gasteiger partial charge is 0.368 e. The minimum Gasteiger partial charge on any atom is -0.368 e. The Kier molecular flexibility index (Phi) is 5.63. The van der Waals surface area contributed by atoms with Gasteiger partial charge in [-0.3, -0.25) is 9.69 Å². The molecule has 1 saturated carbocycles. The summed E-state index contributed by atoms with van der Waals surface area (Å²) < 4.78 is 0. The fraction of sp³-hybridized carbons (Fsp3) is 0.938. The van der Waals surface area contributed by atoms with E-state index in [2.05, 4.69) is 29.1 Å². The van der Waals surface area contributed by atoms with Crippen LogP contribution >= 0.6 is 0 Å². The maximum atomic E-state index is 11.8. The lowest BCUT2D eigenvalue weighted by Crippen LogP contribution is -2.55. The zero-order valence-corrected chi connectivity index (χ0v) is 13.9. The Morgan fingerprint density at radius 1 is 1.43 bits per heavy atom. The molecule has 21 heavy (non-hydrogen) atoms. The van der Waals surface area contributed by atoms with Crippen molar-refractivity contribution in [2.24, 2.45) is 5.73 Å². The molecule has 1 saturated heterocycles. The van der Waals surface area contributed by atoms with Crippen LogP contribution in [0.15, 0.2) is 0 Å². The second-order valence-electron chi connectivity index (χ2n) is 7.05. The number of nitrogens with one attached hydrogen (secondary N) is 1. The number of likely N-dealkylation sites (N-methyl/N-ethyl adjacent to an activating group) is 2. The molecule has 0 aromatic heterocycles.